The quantitative estimate of drug-likeness (QED) is 0.791. The molecule has 0 saturated heterocycles. The Bertz CT molecular complexity index is 350. The van der Waals surface area contributed by atoms with Crippen LogP contribution in [0.4, 0.5) is 0 Å². The van der Waals surface area contributed by atoms with E-state index >= 15 is 0 Å². The van der Waals surface area contributed by atoms with Crippen LogP contribution in [0.25, 0.3) is 0 Å². The van der Waals surface area contributed by atoms with Crippen LogP contribution in [0, 0.1) is 6.92 Å². The number of hydrogen-bond acceptors (Lipinski definition) is 3. The first-order valence-electron chi connectivity index (χ1n) is 4.68. The van der Waals surface area contributed by atoms with Crippen LogP contribution in [-0.4, -0.2) is 19.2 Å². The Labute approximate surface area is 97.5 Å². The highest BCUT2D eigenvalue weighted by Crippen LogP contribution is 2.21. The summed E-state index contributed by atoms with van der Waals surface area (Å²) in [4.78, 5) is 11.0. The van der Waals surface area contributed by atoms with E-state index < -0.39 is 0 Å². The van der Waals surface area contributed by atoms with E-state index in [1.54, 1.807) is 13.0 Å². The number of aryl methyl sites for hydroxylation is 1. The van der Waals surface area contributed by atoms with Crippen molar-refractivity contribution in [1.29, 1.82) is 0 Å². The molecule has 0 aliphatic carbocycles. The van der Waals surface area contributed by atoms with Gasteiger partial charge in [0.25, 0.3) is 0 Å². The zero-order valence-electron chi connectivity index (χ0n) is 8.75. The molecule has 0 radical (unpaired) electrons. The van der Waals surface area contributed by atoms with Crippen molar-refractivity contribution in [2.75, 3.05) is 13.2 Å². The molecule has 1 aromatic rings. The summed E-state index contributed by atoms with van der Waals surface area (Å²) in [5, 5.41) is 0. The molecular formula is C11H13BrO3. The van der Waals surface area contributed by atoms with Crippen molar-refractivity contribution >= 4 is 21.9 Å². The van der Waals surface area contributed by atoms with Gasteiger partial charge in [0.05, 0.1) is 6.61 Å². The Balaban J connectivity index is 2.51. The average molecular weight is 273 g/mol. The average Bonchev–Trinajstić information content (AvgIpc) is 2.20. The minimum absolute atomic E-state index is 0.0467. The fourth-order valence-electron chi connectivity index (χ4n) is 1.05. The summed E-state index contributed by atoms with van der Waals surface area (Å²) < 4.78 is 11.0. The van der Waals surface area contributed by atoms with Gasteiger partial charge in [-0.25, -0.2) is 4.79 Å². The Morgan fingerprint density at radius 2 is 2.20 bits per heavy atom. The lowest BCUT2D eigenvalue weighted by Crippen LogP contribution is -2.14. The van der Waals surface area contributed by atoms with Crippen molar-refractivity contribution in [3.8, 4) is 5.75 Å². The number of carbonyl (C=O) groups excluding carboxylic acids is 1. The summed E-state index contributed by atoms with van der Waals surface area (Å²) in [6.45, 7) is 4.06. The third kappa shape index (κ3) is 3.91. The SMILES string of the molecule is CCOC(=O)COc1ccc(Br)c(C)c1. The number of esters is 1. The molecule has 0 spiro atoms. The van der Waals surface area contributed by atoms with Crippen LogP contribution in [0.2, 0.25) is 0 Å². The molecule has 15 heavy (non-hydrogen) atoms. The van der Waals surface area contributed by atoms with E-state index in [2.05, 4.69) is 15.9 Å². The van der Waals surface area contributed by atoms with Crippen LogP contribution >= 0.6 is 15.9 Å². The lowest BCUT2D eigenvalue weighted by Gasteiger charge is -2.07. The molecule has 0 bridgehead atoms. The van der Waals surface area contributed by atoms with E-state index in [-0.39, 0.29) is 12.6 Å². The van der Waals surface area contributed by atoms with E-state index in [9.17, 15) is 4.79 Å². The molecule has 0 N–H and O–H groups in total. The predicted octanol–water partition coefficient (Wildman–Crippen LogP) is 2.70. The van der Waals surface area contributed by atoms with E-state index in [1.807, 2.05) is 19.1 Å². The molecule has 0 aromatic heterocycles. The summed E-state index contributed by atoms with van der Waals surface area (Å²) in [7, 11) is 0. The fraction of sp³-hybridized carbons (Fsp3) is 0.364. The zero-order chi connectivity index (χ0) is 11.3. The number of benzene rings is 1. The van der Waals surface area contributed by atoms with Gasteiger partial charge >= 0.3 is 5.97 Å². The number of carbonyl (C=O) groups is 1. The monoisotopic (exact) mass is 272 g/mol. The van der Waals surface area contributed by atoms with Crippen molar-refractivity contribution in [1.82, 2.24) is 0 Å². The lowest BCUT2D eigenvalue weighted by atomic mass is 10.2. The highest BCUT2D eigenvalue weighted by atomic mass is 79.9. The molecule has 1 aromatic carbocycles. The van der Waals surface area contributed by atoms with Crippen LogP contribution in [0.15, 0.2) is 22.7 Å². The number of rotatable bonds is 4. The minimum atomic E-state index is -0.349. The highest BCUT2D eigenvalue weighted by molar-refractivity contribution is 9.10. The lowest BCUT2D eigenvalue weighted by molar-refractivity contribution is -0.145. The van der Waals surface area contributed by atoms with Crippen LogP contribution < -0.4 is 4.74 Å². The van der Waals surface area contributed by atoms with Crippen molar-refractivity contribution in [3.63, 3.8) is 0 Å². The second-order valence-electron chi connectivity index (χ2n) is 3.00. The molecule has 0 atom stereocenters. The van der Waals surface area contributed by atoms with Gasteiger partial charge in [-0.3, -0.25) is 0 Å². The molecule has 0 amide bonds. The predicted molar refractivity (Wildman–Crippen MR) is 61.0 cm³/mol. The van der Waals surface area contributed by atoms with Gasteiger partial charge in [-0.1, -0.05) is 15.9 Å². The number of ether oxygens (including phenoxy) is 2. The molecule has 0 saturated carbocycles. The van der Waals surface area contributed by atoms with Gasteiger partial charge in [0.1, 0.15) is 5.75 Å². The largest absolute Gasteiger partial charge is 0.482 e. The number of halogens is 1. The normalized spacial score (nSPS) is 9.80. The summed E-state index contributed by atoms with van der Waals surface area (Å²) >= 11 is 3.39. The van der Waals surface area contributed by atoms with Crippen LogP contribution in [0.1, 0.15) is 12.5 Å². The Kier molecular flexibility index (Phi) is 4.62. The first-order valence-corrected chi connectivity index (χ1v) is 5.47. The molecule has 4 heteroatoms. The van der Waals surface area contributed by atoms with Gasteiger partial charge < -0.3 is 9.47 Å². The van der Waals surface area contributed by atoms with Crippen molar-refractivity contribution in [2.45, 2.75) is 13.8 Å². The van der Waals surface area contributed by atoms with E-state index in [0.29, 0.717) is 12.4 Å². The van der Waals surface area contributed by atoms with Crippen molar-refractivity contribution in [3.05, 3.63) is 28.2 Å². The second kappa shape index (κ2) is 5.75. The Morgan fingerprint density at radius 1 is 1.47 bits per heavy atom. The summed E-state index contributed by atoms with van der Waals surface area (Å²) in [6.07, 6.45) is 0. The van der Waals surface area contributed by atoms with Gasteiger partial charge in [-0.05, 0) is 37.6 Å². The van der Waals surface area contributed by atoms with Gasteiger partial charge in [0, 0.05) is 4.47 Å². The Hall–Kier alpha value is -1.03. The summed E-state index contributed by atoms with van der Waals surface area (Å²) in [5.41, 5.74) is 1.07. The highest BCUT2D eigenvalue weighted by Gasteiger charge is 2.03. The summed E-state index contributed by atoms with van der Waals surface area (Å²) in [6, 6.07) is 5.55. The molecule has 0 fully saturated rings. The maximum atomic E-state index is 11.0. The maximum Gasteiger partial charge on any atom is 0.344 e. The Morgan fingerprint density at radius 3 is 2.80 bits per heavy atom. The van der Waals surface area contributed by atoms with Crippen molar-refractivity contribution in [2.24, 2.45) is 0 Å². The first-order chi connectivity index (χ1) is 7.13. The van der Waals surface area contributed by atoms with Crippen molar-refractivity contribution < 1.29 is 14.3 Å². The molecule has 0 aliphatic rings. The first kappa shape index (κ1) is 12.0. The molecule has 0 unspecified atom stereocenters. The zero-order valence-corrected chi connectivity index (χ0v) is 10.3. The topological polar surface area (TPSA) is 35.5 Å². The molecule has 0 aliphatic heterocycles. The molecule has 1 rings (SSSR count). The summed E-state index contributed by atoms with van der Waals surface area (Å²) in [5.74, 6) is 0.321. The minimum Gasteiger partial charge on any atom is -0.482 e. The van der Waals surface area contributed by atoms with E-state index in [4.69, 9.17) is 9.47 Å². The van der Waals surface area contributed by atoms with Gasteiger partial charge in [-0.2, -0.15) is 0 Å². The van der Waals surface area contributed by atoms with Gasteiger partial charge in [-0.15, -0.1) is 0 Å². The van der Waals surface area contributed by atoms with E-state index in [0.717, 1.165) is 10.0 Å². The molecule has 3 nitrogen and oxygen atoms in total. The standard InChI is InChI=1S/C11H13BrO3/c1-3-14-11(13)7-15-9-4-5-10(12)8(2)6-9/h4-6H,3,7H2,1-2H3. The van der Waals surface area contributed by atoms with Crippen LogP contribution in [0.5, 0.6) is 5.75 Å². The van der Waals surface area contributed by atoms with Gasteiger partial charge in [0.2, 0.25) is 0 Å². The van der Waals surface area contributed by atoms with Crippen LogP contribution in [-0.2, 0) is 9.53 Å². The van der Waals surface area contributed by atoms with Crippen LogP contribution in [0.3, 0.4) is 0 Å². The molecule has 0 heterocycles. The number of hydrogen-bond donors (Lipinski definition) is 0. The van der Waals surface area contributed by atoms with Gasteiger partial charge in [0.15, 0.2) is 6.61 Å². The molecule has 82 valence electrons. The maximum absolute atomic E-state index is 11.0. The smallest absolute Gasteiger partial charge is 0.344 e. The van der Waals surface area contributed by atoms with E-state index in [1.165, 1.54) is 0 Å². The molecular weight excluding hydrogens is 260 g/mol. The second-order valence-corrected chi connectivity index (χ2v) is 3.86. The fourth-order valence-corrected chi connectivity index (χ4v) is 1.30. The third-order valence-electron chi connectivity index (χ3n) is 1.79. The third-order valence-corrected chi connectivity index (χ3v) is 2.68.